The number of methoxy groups -OCH3 is 1. The maximum atomic E-state index is 12.1. The highest BCUT2D eigenvalue weighted by Gasteiger charge is 2.16. The van der Waals surface area contributed by atoms with Crippen molar-refractivity contribution in [1.82, 2.24) is 14.5 Å². The number of carbonyl (C=O) groups excluding carboxylic acids is 2. The van der Waals surface area contributed by atoms with Crippen LogP contribution in [0.4, 0.5) is 6.01 Å². The molecule has 0 saturated carbocycles. The largest absolute Gasteiger partial charge is 0.468 e. The lowest BCUT2D eigenvalue weighted by molar-refractivity contribution is -0.141. The van der Waals surface area contributed by atoms with Crippen LogP contribution >= 0.6 is 0 Å². The van der Waals surface area contributed by atoms with Crippen molar-refractivity contribution >= 4 is 29.1 Å². The predicted octanol–water partition coefficient (Wildman–Crippen LogP) is 0.810. The lowest BCUT2D eigenvalue weighted by atomic mass is 10.2. The molecule has 0 atom stereocenters. The van der Waals surface area contributed by atoms with Gasteiger partial charge in [0.15, 0.2) is 11.2 Å². The Balaban J connectivity index is 1.94. The average Bonchev–Trinajstić information content (AvgIpc) is 2.99. The van der Waals surface area contributed by atoms with E-state index >= 15 is 0 Å². The number of rotatable bonds is 4. The maximum absolute atomic E-state index is 12.1. The van der Waals surface area contributed by atoms with Gasteiger partial charge in [-0.05, 0) is 12.1 Å². The molecule has 3 aromatic rings. The highest BCUT2D eigenvalue weighted by Crippen LogP contribution is 2.11. The Morgan fingerprint density at radius 2 is 2.04 bits per heavy atom. The molecule has 0 fully saturated rings. The fourth-order valence-corrected chi connectivity index (χ4v) is 2.02. The summed E-state index contributed by atoms with van der Waals surface area (Å²) in [4.78, 5) is 43.3. The third kappa shape index (κ3) is 3.00. The lowest BCUT2D eigenvalue weighted by Gasteiger charge is -2.04. The Labute approximate surface area is 134 Å². The number of aromatic nitrogens is 3. The van der Waals surface area contributed by atoms with E-state index in [0.717, 1.165) is 0 Å². The number of imidazole rings is 1. The summed E-state index contributed by atoms with van der Waals surface area (Å²) in [6.45, 7) is -0.171. The van der Waals surface area contributed by atoms with Crippen molar-refractivity contribution in [2.45, 2.75) is 6.54 Å². The maximum Gasteiger partial charge on any atom is 0.368 e. The number of hydrogen-bond donors (Lipinski definition) is 1. The molecule has 3 rings (SSSR count). The Morgan fingerprint density at radius 3 is 2.75 bits per heavy atom. The average molecular weight is 328 g/mol. The number of carbonyl (C=O) groups is 2. The molecule has 0 saturated heterocycles. The second kappa shape index (κ2) is 6.32. The van der Waals surface area contributed by atoms with Crippen LogP contribution in [-0.4, -0.2) is 33.5 Å². The molecule has 122 valence electrons. The van der Waals surface area contributed by atoms with Crippen LogP contribution in [-0.2, 0) is 16.1 Å². The molecule has 1 N–H and O–H groups in total. The van der Waals surface area contributed by atoms with E-state index in [1.165, 1.54) is 18.0 Å². The molecule has 2 aromatic heterocycles. The van der Waals surface area contributed by atoms with Gasteiger partial charge in [-0.15, -0.1) is 0 Å². The number of anilines is 1. The van der Waals surface area contributed by atoms with Gasteiger partial charge in [-0.3, -0.25) is 14.9 Å². The van der Waals surface area contributed by atoms with Crippen LogP contribution < -0.4 is 10.9 Å². The number of nitrogens with one attached hydrogen (secondary N) is 1. The molecule has 0 unspecified atom stereocenters. The van der Waals surface area contributed by atoms with Gasteiger partial charge in [-0.1, -0.05) is 18.2 Å². The van der Waals surface area contributed by atoms with E-state index in [1.54, 1.807) is 30.3 Å². The first-order chi connectivity index (χ1) is 11.6. The summed E-state index contributed by atoms with van der Waals surface area (Å²) in [5.74, 6) is -1.01. The number of nitrogens with zero attached hydrogens (tertiary/aromatic N) is 3. The summed E-state index contributed by atoms with van der Waals surface area (Å²) in [5.41, 5.74) is -0.325. The smallest absolute Gasteiger partial charge is 0.368 e. The van der Waals surface area contributed by atoms with Crippen LogP contribution in [0.15, 0.2) is 45.9 Å². The Hall–Kier alpha value is -3.49. The molecular formula is C15H12N4O5. The second-order valence-electron chi connectivity index (χ2n) is 4.75. The molecule has 9 heteroatoms. The van der Waals surface area contributed by atoms with Crippen molar-refractivity contribution in [3.63, 3.8) is 0 Å². The normalized spacial score (nSPS) is 10.5. The van der Waals surface area contributed by atoms with E-state index in [-0.39, 0.29) is 23.7 Å². The topological polar surface area (TPSA) is 116 Å². The van der Waals surface area contributed by atoms with Crippen molar-refractivity contribution in [2.75, 3.05) is 12.4 Å². The summed E-state index contributed by atoms with van der Waals surface area (Å²) in [6.07, 6.45) is 1.27. The summed E-state index contributed by atoms with van der Waals surface area (Å²) < 4.78 is 10.8. The molecule has 0 spiro atoms. The van der Waals surface area contributed by atoms with Gasteiger partial charge in [0, 0.05) is 5.56 Å². The number of fused-ring (bicyclic) bond motifs is 1. The van der Waals surface area contributed by atoms with Gasteiger partial charge in [-0.25, -0.2) is 9.78 Å². The van der Waals surface area contributed by atoms with Gasteiger partial charge in [0.05, 0.1) is 13.4 Å². The first-order valence-electron chi connectivity index (χ1n) is 6.87. The SMILES string of the molecule is COC(=O)Cn1cnc2c(=O)oc(NC(=O)c3ccccc3)nc21. The molecule has 24 heavy (non-hydrogen) atoms. The number of hydrogen-bond acceptors (Lipinski definition) is 7. The summed E-state index contributed by atoms with van der Waals surface area (Å²) >= 11 is 0. The van der Waals surface area contributed by atoms with E-state index < -0.39 is 17.5 Å². The lowest BCUT2D eigenvalue weighted by Crippen LogP contribution is -2.16. The van der Waals surface area contributed by atoms with Gasteiger partial charge < -0.3 is 13.7 Å². The zero-order valence-corrected chi connectivity index (χ0v) is 12.6. The fourth-order valence-electron chi connectivity index (χ4n) is 2.02. The molecule has 1 amide bonds. The van der Waals surface area contributed by atoms with Crippen molar-refractivity contribution in [3.8, 4) is 0 Å². The Bertz CT molecular complexity index is 961. The van der Waals surface area contributed by atoms with Crippen molar-refractivity contribution in [2.24, 2.45) is 0 Å². The van der Waals surface area contributed by atoms with E-state index in [1.807, 2.05) is 0 Å². The van der Waals surface area contributed by atoms with E-state index in [0.29, 0.717) is 5.56 Å². The molecule has 0 radical (unpaired) electrons. The van der Waals surface area contributed by atoms with Crippen LogP contribution in [0.25, 0.3) is 11.2 Å². The predicted molar refractivity (Wildman–Crippen MR) is 82.5 cm³/mol. The first-order valence-corrected chi connectivity index (χ1v) is 6.87. The van der Waals surface area contributed by atoms with Crippen LogP contribution in [0, 0.1) is 0 Å². The number of ether oxygens (including phenoxy) is 1. The van der Waals surface area contributed by atoms with Crippen molar-refractivity contribution in [1.29, 1.82) is 0 Å². The van der Waals surface area contributed by atoms with Gasteiger partial charge in [0.1, 0.15) is 6.54 Å². The zero-order valence-electron chi connectivity index (χ0n) is 12.6. The summed E-state index contributed by atoms with van der Waals surface area (Å²) in [6, 6.07) is 8.10. The number of benzene rings is 1. The molecule has 0 aliphatic carbocycles. The third-order valence-corrected chi connectivity index (χ3v) is 3.18. The molecule has 9 nitrogen and oxygen atoms in total. The minimum Gasteiger partial charge on any atom is -0.468 e. The van der Waals surface area contributed by atoms with Gasteiger partial charge in [-0.2, -0.15) is 4.98 Å². The number of amides is 1. The first kappa shape index (κ1) is 15.4. The quantitative estimate of drug-likeness (QED) is 0.704. The van der Waals surface area contributed by atoms with E-state index in [4.69, 9.17) is 4.42 Å². The molecule has 1 aromatic carbocycles. The summed E-state index contributed by atoms with van der Waals surface area (Å²) in [5, 5.41) is 2.40. The van der Waals surface area contributed by atoms with Crippen molar-refractivity contribution in [3.05, 3.63) is 52.6 Å². The minimum absolute atomic E-state index is 0.0448. The Kier molecular flexibility index (Phi) is 4.06. The fraction of sp³-hybridized carbons (Fsp3) is 0.133. The molecule has 2 heterocycles. The third-order valence-electron chi connectivity index (χ3n) is 3.18. The molecule has 0 aliphatic rings. The number of esters is 1. The molecule has 0 bridgehead atoms. The molecular weight excluding hydrogens is 316 g/mol. The second-order valence-corrected chi connectivity index (χ2v) is 4.75. The van der Waals surface area contributed by atoms with Crippen LogP contribution in [0.3, 0.4) is 0 Å². The molecule has 0 aliphatic heterocycles. The zero-order chi connectivity index (χ0) is 17.1. The van der Waals surface area contributed by atoms with E-state index in [2.05, 4.69) is 20.0 Å². The standard InChI is InChI=1S/C15H12N4O5/c1-23-10(20)7-19-8-16-11-12(19)17-15(24-14(11)22)18-13(21)9-5-3-2-4-6-9/h2-6,8H,7H2,1H3,(H,17,18,21). The Morgan fingerprint density at radius 1 is 1.29 bits per heavy atom. The van der Waals surface area contributed by atoms with Gasteiger partial charge >= 0.3 is 17.6 Å². The van der Waals surface area contributed by atoms with Crippen LogP contribution in [0.5, 0.6) is 0 Å². The van der Waals surface area contributed by atoms with Gasteiger partial charge in [0.25, 0.3) is 5.91 Å². The van der Waals surface area contributed by atoms with Crippen LogP contribution in [0.2, 0.25) is 0 Å². The van der Waals surface area contributed by atoms with E-state index in [9.17, 15) is 14.4 Å². The van der Waals surface area contributed by atoms with Crippen LogP contribution in [0.1, 0.15) is 10.4 Å². The van der Waals surface area contributed by atoms with Crippen molar-refractivity contribution < 1.29 is 18.7 Å². The highest BCUT2D eigenvalue weighted by atomic mass is 16.5. The summed E-state index contributed by atoms with van der Waals surface area (Å²) in [7, 11) is 1.24. The monoisotopic (exact) mass is 328 g/mol. The minimum atomic E-state index is -0.771. The highest BCUT2D eigenvalue weighted by molar-refractivity contribution is 6.03. The van der Waals surface area contributed by atoms with Gasteiger partial charge in [0.2, 0.25) is 0 Å².